The van der Waals surface area contributed by atoms with Gasteiger partial charge in [0.25, 0.3) is 0 Å². The highest BCUT2D eigenvalue weighted by molar-refractivity contribution is 7.99. The maximum absolute atomic E-state index is 10.2. The van der Waals surface area contributed by atoms with E-state index in [4.69, 9.17) is 10.6 Å². The molecule has 1 atom stereocenters. The van der Waals surface area contributed by atoms with Gasteiger partial charge in [-0.25, -0.2) is 4.68 Å². The topological polar surface area (TPSA) is 86.2 Å². The molecule has 0 amide bonds. The van der Waals surface area contributed by atoms with Gasteiger partial charge in [0.2, 0.25) is 5.16 Å². The molecule has 26 heavy (non-hydrogen) atoms. The summed E-state index contributed by atoms with van der Waals surface area (Å²) in [4.78, 5) is 0. The van der Waals surface area contributed by atoms with Crippen LogP contribution in [-0.2, 0) is 5.41 Å². The van der Waals surface area contributed by atoms with Gasteiger partial charge in [-0.2, -0.15) is 0 Å². The lowest BCUT2D eigenvalue weighted by Crippen LogP contribution is -2.25. The van der Waals surface area contributed by atoms with E-state index in [0.717, 1.165) is 16.5 Å². The smallest absolute Gasteiger partial charge is 0.209 e. The van der Waals surface area contributed by atoms with Crippen molar-refractivity contribution in [3.8, 4) is 5.75 Å². The zero-order valence-corrected chi connectivity index (χ0v) is 16.0. The van der Waals surface area contributed by atoms with Crippen molar-refractivity contribution in [3.63, 3.8) is 0 Å². The maximum atomic E-state index is 10.2. The average molecular weight is 372 g/mol. The molecule has 0 aliphatic carbocycles. The Morgan fingerprint density at radius 1 is 1.15 bits per heavy atom. The van der Waals surface area contributed by atoms with Crippen molar-refractivity contribution in [2.24, 2.45) is 0 Å². The zero-order valence-electron chi connectivity index (χ0n) is 15.2. The first-order valence-electron chi connectivity index (χ1n) is 8.48. The van der Waals surface area contributed by atoms with Crippen molar-refractivity contribution in [2.45, 2.75) is 37.4 Å². The first kappa shape index (κ1) is 18.5. The van der Waals surface area contributed by atoms with Gasteiger partial charge in [0.1, 0.15) is 12.4 Å². The molecule has 7 heteroatoms. The summed E-state index contributed by atoms with van der Waals surface area (Å²) >= 11 is 1.36. The van der Waals surface area contributed by atoms with Crippen LogP contribution < -0.4 is 10.6 Å². The summed E-state index contributed by atoms with van der Waals surface area (Å²) in [6, 6.07) is 14.0. The van der Waals surface area contributed by atoms with Gasteiger partial charge in [0, 0.05) is 11.2 Å². The van der Waals surface area contributed by atoms with Crippen molar-refractivity contribution in [2.75, 3.05) is 18.2 Å². The standard InChI is InChI=1S/C19H24N4O2S/c1-19(2,3)17-21-22-18(23(17)20)26-12-15(24)11-25-16-9-8-13-6-4-5-7-14(13)10-16/h4-10,15,24H,11-12,20H2,1-3H3. The fourth-order valence-corrected chi connectivity index (χ4v) is 3.32. The fraction of sp³-hybridized carbons (Fsp3) is 0.368. The molecule has 3 N–H and O–H groups in total. The van der Waals surface area contributed by atoms with Crippen LogP contribution in [0.15, 0.2) is 47.6 Å². The molecule has 138 valence electrons. The number of aliphatic hydroxyl groups excluding tert-OH is 1. The summed E-state index contributed by atoms with van der Waals surface area (Å²) in [6.07, 6.45) is -0.638. The minimum absolute atomic E-state index is 0.182. The second-order valence-electron chi connectivity index (χ2n) is 7.21. The van der Waals surface area contributed by atoms with Crippen molar-refractivity contribution in [3.05, 3.63) is 48.3 Å². The number of thioether (sulfide) groups is 1. The minimum atomic E-state index is -0.638. The largest absolute Gasteiger partial charge is 0.491 e. The first-order valence-corrected chi connectivity index (χ1v) is 9.46. The molecule has 3 rings (SSSR count). The van der Waals surface area contributed by atoms with E-state index in [1.165, 1.54) is 16.4 Å². The number of hydrogen-bond acceptors (Lipinski definition) is 6. The number of hydrogen-bond donors (Lipinski definition) is 2. The SMILES string of the molecule is CC(C)(C)c1nnc(SCC(O)COc2ccc3ccccc3c2)n1N. The predicted octanol–water partition coefficient (Wildman–Crippen LogP) is 2.97. The van der Waals surface area contributed by atoms with Gasteiger partial charge in [0.15, 0.2) is 5.82 Å². The molecule has 0 fully saturated rings. The van der Waals surface area contributed by atoms with Crippen LogP contribution in [0.2, 0.25) is 0 Å². The number of aliphatic hydroxyl groups is 1. The second-order valence-corrected chi connectivity index (χ2v) is 8.20. The second kappa shape index (κ2) is 7.55. The third kappa shape index (κ3) is 4.28. The summed E-state index contributed by atoms with van der Waals surface area (Å²) in [5.74, 6) is 7.93. The lowest BCUT2D eigenvalue weighted by Gasteiger charge is -2.16. The van der Waals surface area contributed by atoms with Crippen molar-refractivity contribution < 1.29 is 9.84 Å². The summed E-state index contributed by atoms with van der Waals surface area (Å²) in [5, 5.41) is 21.3. The number of rotatable bonds is 6. The molecule has 0 saturated heterocycles. The molecule has 0 aliphatic heterocycles. The lowest BCUT2D eigenvalue weighted by atomic mass is 9.96. The number of fused-ring (bicyclic) bond motifs is 1. The molecular formula is C19H24N4O2S. The van der Waals surface area contributed by atoms with Gasteiger partial charge in [-0.15, -0.1) is 10.2 Å². The van der Waals surface area contributed by atoms with E-state index in [9.17, 15) is 5.11 Å². The molecule has 0 spiro atoms. The monoisotopic (exact) mass is 372 g/mol. The molecule has 0 radical (unpaired) electrons. The highest BCUT2D eigenvalue weighted by Crippen LogP contribution is 2.24. The molecule has 1 unspecified atom stereocenters. The normalized spacial score (nSPS) is 13.1. The van der Waals surface area contributed by atoms with E-state index >= 15 is 0 Å². The highest BCUT2D eigenvalue weighted by Gasteiger charge is 2.23. The predicted molar refractivity (Wildman–Crippen MR) is 105 cm³/mol. The van der Waals surface area contributed by atoms with Crippen LogP contribution in [0.4, 0.5) is 0 Å². The Labute approximate surface area is 157 Å². The van der Waals surface area contributed by atoms with Gasteiger partial charge < -0.3 is 15.7 Å². The van der Waals surface area contributed by atoms with Crippen molar-refractivity contribution >= 4 is 22.5 Å². The number of benzene rings is 2. The Kier molecular flexibility index (Phi) is 5.38. The third-order valence-electron chi connectivity index (χ3n) is 3.90. The van der Waals surface area contributed by atoms with Gasteiger partial charge in [-0.05, 0) is 22.9 Å². The summed E-state index contributed by atoms with van der Waals surface area (Å²) in [6.45, 7) is 6.29. The number of nitrogens with two attached hydrogens (primary N) is 1. The number of aromatic nitrogens is 3. The van der Waals surface area contributed by atoms with E-state index in [0.29, 0.717) is 16.7 Å². The van der Waals surface area contributed by atoms with Gasteiger partial charge in [0.05, 0.1) is 6.10 Å². The molecule has 3 aromatic rings. The highest BCUT2D eigenvalue weighted by atomic mass is 32.2. The molecular weight excluding hydrogens is 348 g/mol. The van der Waals surface area contributed by atoms with Crippen LogP contribution in [0.25, 0.3) is 10.8 Å². The van der Waals surface area contributed by atoms with E-state index in [2.05, 4.69) is 16.3 Å². The Hall–Kier alpha value is -2.25. The van der Waals surface area contributed by atoms with E-state index in [-0.39, 0.29) is 12.0 Å². The van der Waals surface area contributed by atoms with E-state index in [1.54, 1.807) is 0 Å². The van der Waals surface area contributed by atoms with Gasteiger partial charge in [-0.1, -0.05) is 62.9 Å². The van der Waals surface area contributed by atoms with Crippen LogP contribution in [0.3, 0.4) is 0 Å². The number of nitrogens with zero attached hydrogens (tertiary/aromatic N) is 3. The number of nitrogen functional groups attached to an aromatic ring is 1. The summed E-state index contributed by atoms with van der Waals surface area (Å²) < 4.78 is 7.20. The zero-order chi connectivity index (χ0) is 18.7. The fourth-order valence-electron chi connectivity index (χ4n) is 2.56. The number of ether oxygens (including phenoxy) is 1. The van der Waals surface area contributed by atoms with Gasteiger partial charge >= 0.3 is 0 Å². The van der Waals surface area contributed by atoms with Crippen molar-refractivity contribution in [1.29, 1.82) is 0 Å². The Balaban J connectivity index is 1.54. The molecule has 1 heterocycles. The van der Waals surface area contributed by atoms with Crippen LogP contribution in [0.5, 0.6) is 5.75 Å². The Morgan fingerprint density at radius 3 is 2.58 bits per heavy atom. The molecule has 2 aromatic carbocycles. The first-order chi connectivity index (χ1) is 12.3. The average Bonchev–Trinajstić information content (AvgIpc) is 2.99. The molecule has 6 nitrogen and oxygen atoms in total. The quantitative estimate of drug-likeness (QED) is 0.511. The summed E-state index contributed by atoms with van der Waals surface area (Å²) in [5.41, 5.74) is -0.182. The van der Waals surface area contributed by atoms with Gasteiger partial charge in [-0.3, -0.25) is 0 Å². The maximum Gasteiger partial charge on any atom is 0.209 e. The van der Waals surface area contributed by atoms with Crippen molar-refractivity contribution in [1.82, 2.24) is 14.9 Å². The lowest BCUT2D eigenvalue weighted by molar-refractivity contribution is 0.126. The molecule has 1 aromatic heterocycles. The van der Waals surface area contributed by atoms with Crippen LogP contribution >= 0.6 is 11.8 Å². The minimum Gasteiger partial charge on any atom is -0.491 e. The van der Waals surface area contributed by atoms with Crippen LogP contribution in [0.1, 0.15) is 26.6 Å². The molecule has 0 bridgehead atoms. The Morgan fingerprint density at radius 2 is 1.88 bits per heavy atom. The van der Waals surface area contributed by atoms with Crippen LogP contribution in [0, 0.1) is 0 Å². The van der Waals surface area contributed by atoms with Crippen LogP contribution in [-0.4, -0.2) is 38.4 Å². The summed E-state index contributed by atoms with van der Waals surface area (Å²) in [7, 11) is 0. The third-order valence-corrected chi connectivity index (χ3v) is 4.99. The Bertz CT molecular complexity index is 889. The van der Waals surface area contributed by atoms with E-state index in [1.807, 2.05) is 57.2 Å². The van der Waals surface area contributed by atoms with E-state index < -0.39 is 6.10 Å². The molecule has 0 saturated carbocycles. The molecule has 0 aliphatic rings.